The van der Waals surface area contributed by atoms with Crippen molar-refractivity contribution in [3.63, 3.8) is 0 Å². The molecule has 0 radical (unpaired) electrons. The molecule has 0 spiro atoms. The molecule has 2 N–H and O–H groups in total. The summed E-state index contributed by atoms with van der Waals surface area (Å²) in [5, 5.41) is 8.47. The van der Waals surface area contributed by atoms with Crippen LogP contribution in [0, 0.1) is 0 Å². The molecule has 2 heterocycles. The third kappa shape index (κ3) is 2.89. The first-order valence-corrected chi connectivity index (χ1v) is 6.53. The quantitative estimate of drug-likeness (QED) is 0.873. The van der Waals surface area contributed by atoms with Gasteiger partial charge in [-0.25, -0.2) is 0 Å². The van der Waals surface area contributed by atoms with E-state index in [9.17, 15) is 0 Å². The van der Waals surface area contributed by atoms with Crippen molar-refractivity contribution in [1.29, 1.82) is 0 Å². The standard InChI is InChI=1S/C11H17N5S/c1-3-4-10-11(17-15-13-10)9(12)7-8-5-6-16(2)14-8/h5-6,9H,3-4,7,12H2,1-2H3. The van der Waals surface area contributed by atoms with Crippen LogP contribution in [0.5, 0.6) is 0 Å². The van der Waals surface area contributed by atoms with Gasteiger partial charge in [-0.05, 0) is 24.0 Å². The number of nitrogens with zero attached hydrogens (tertiary/aromatic N) is 4. The molecule has 0 fully saturated rings. The summed E-state index contributed by atoms with van der Waals surface area (Å²) in [6.07, 6.45) is 4.68. The van der Waals surface area contributed by atoms with E-state index in [1.165, 1.54) is 11.5 Å². The SMILES string of the molecule is CCCc1nnsc1C(N)Cc1ccn(C)n1. The summed E-state index contributed by atoms with van der Waals surface area (Å²) in [4.78, 5) is 1.09. The molecule has 0 aromatic carbocycles. The summed E-state index contributed by atoms with van der Waals surface area (Å²) in [7, 11) is 1.91. The van der Waals surface area contributed by atoms with Gasteiger partial charge in [0.1, 0.15) is 0 Å². The predicted molar refractivity (Wildman–Crippen MR) is 67.7 cm³/mol. The van der Waals surface area contributed by atoms with Crippen molar-refractivity contribution in [2.75, 3.05) is 0 Å². The van der Waals surface area contributed by atoms with Crippen molar-refractivity contribution in [2.45, 2.75) is 32.2 Å². The molecule has 0 aliphatic rings. The van der Waals surface area contributed by atoms with Gasteiger partial charge in [-0.1, -0.05) is 17.8 Å². The second kappa shape index (κ2) is 5.37. The molecule has 0 aliphatic carbocycles. The zero-order valence-electron chi connectivity index (χ0n) is 10.1. The molecule has 0 saturated carbocycles. The van der Waals surface area contributed by atoms with E-state index >= 15 is 0 Å². The van der Waals surface area contributed by atoms with E-state index in [0.717, 1.165) is 35.5 Å². The van der Waals surface area contributed by atoms with E-state index in [1.54, 1.807) is 4.68 Å². The van der Waals surface area contributed by atoms with Gasteiger partial charge in [0.15, 0.2) is 0 Å². The Hall–Kier alpha value is -1.27. The second-order valence-corrected chi connectivity index (χ2v) is 4.91. The first-order chi connectivity index (χ1) is 8.20. The van der Waals surface area contributed by atoms with Gasteiger partial charge in [0.2, 0.25) is 0 Å². The predicted octanol–water partition coefficient (Wildman–Crippen LogP) is 1.47. The molecular weight excluding hydrogens is 234 g/mol. The van der Waals surface area contributed by atoms with Crippen LogP contribution in [0.15, 0.2) is 12.3 Å². The second-order valence-electron chi connectivity index (χ2n) is 4.13. The van der Waals surface area contributed by atoms with Crippen molar-refractivity contribution in [3.05, 3.63) is 28.5 Å². The van der Waals surface area contributed by atoms with E-state index in [0.29, 0.717) is 0 Å². The normalized spacial score (nSPS) is 12.9. The van der Waals surface area contributed by atoms with Crippen LogP contribution in [0.25, 0.3) is 0 Å². The summed E-state index contributed by atoms with van der Waals surface area (Å²) >= 11 is 1.40. The van der Waals surface area contributed by atoms with Crippen LogP contribution in [0.1, 0.15) is 35.7 Å². The van der Waals surface area contributed by atoms with E-state index in [2.05, 4.69) is 21.6 Å². The molecule has 0 aliphatic heterocycles. The number of aromatic nitrogens is 4. The Morgan fingerprint density at radius 2 is 2.35 bits per heavy atom. The highest BCUT2D eigenvalue weighted by molar-refractivity contribution is 7.05. The minimum atomic E-state index is -0.0496. The molecule has 0 bridgehead atoms. The maximum atomic E-state index is 6.19. The molecule has 1 unspecified atom stereocenters. The molecule has 0 saturated heterocycles. The molecule has 2 aromatic heterocycles. The number of nitrogens with two attached hydrogens (primary N) is 1. The third-order valence-corrected chi connectivity index (χ3v) is 3.50. The van der Waals surface area contributed by atoms with Crippen LogP contribution >= 0.6 is 11.5 Å². The van der Waals surface area contributed by atoms with Gasteiger partial charge in [-0.2, -0.15) is 5.10 Å². The lowest BCUT2D eigenvalue weighted by Crippen LogP contribution is -2.14. The lowest BCUT2D eigenvalue weighted by molar-refractivity contribution is 0.673. The van der Waals surface area contributed by atoms with Crippen molar-refractivity contribution in [3.8, 4) is 0 Å². The van der Waals surface area contributed by atoms with E-state index < -0.39 is 0 Å². The zero-order valence-corrected chi connectivity index (χ0v) is 10.9. The van der Waals surface area contributed by atoms with Crippen molar-refractivity contribution in [1.82, 2.24) is 19.4 Å². The Kier molecular flexibility index (Phi) is 3.86. The topological polar surface area (TPSA) is 69.6 Å². The van der Waals surface area contributed by atoms with E-state index in [4.69, 9.17) is 5.73 Å². The fourth-order valence-corrected chi connectivity index (χ4v) is 2.49. The average molecular weight is 251 g/mol. The van der Waals surface area contributed by atoms with E-state index in [-0.39, 0.29) is 6.04 Å². The lowest BCUT2D eigenvalue weighted by atomic mass is 10.1. The van der Waals surface area contributed by atoms with Crippen LogP contribution in [-0.2, 0) is 19.9 Å². The molecule has 92 valence electrons. The number of hydrogen-bond donors (Lipinski definition) is 1. The van der Waals surface area contributed by atoms with Gasteiger partial charge in [0.05, 0.1) is 16.3 Å². The summed E-state index contributed by atoms with van der Waals surface area (Å²) in [6, 6.07) is 1.94. The van der Waals surface area contributed by atoms with Gasteiger partial charge in [0.25, 0.3) is 0 Å². The Morgan fingerprint density at radius 1 is 1.53 bits per heavy atom. The maximum absolute atomic E-state index is 6.19. The Morgan fingerprint density at radius 3 is 3.00 bits per heavy atom. The molecule has 2 aromatic rings. The van der Waals surface area contributed by atoms with Crippen LogP contribution in [-0.4, -0.2) is 19.4 Å². The molecular formula is C11H17N5S. The first-order valence-electron chi connectivity index (χ1n) is 5.76. The fourth-order valence-electron chi connectivity index (χ4n) is 1.80. The molecule has 6 heteroatoms. The van der Waals surface area contributed by atoms with Crippen molar-refractivity contribution in [2.24, 2.45) is 12.8 Å². The number of rotatable bonds is 5. The molecule has 2 rings (SSSR count). The van der Waals surface area contributed by atoms with Crippen LogP contribution in [0.4, 0.5) is 0 Å². The fraction of sp³-hybridized carbons (Fsp3) is 0.545. The Balaban J connectivity index is 2.08. The highest BCUT2D eigenvalue weighted by Crippen LogP contribution is 2.22. The third-order valence-electron chi connectivity index (χ3n) is 2.61. The van der Waals surface area contributed by atoms with Crippen molar-refractivity contribution < 1.29 is 0 Å². The van der Waals surface area contributed by atoms with Crippen LogP contribution < -0.4 is 5.73 Å². The highest BCUT2D eigenvalue weighted by Gasteiger charge is 2.16. The first kappa shape index (κ1) is 12.2. The summed E-state index contributed by atoms with van der Waals surface area (Å²) < 4.78 is 5.79. The average Bonchev–Trinajstić information content (AvgIpc) is 2.88. The summed E-state index contributed by atoms with van der Waals surface area (Å²) in [5.41, 5.74) is 8.25. The van der Waals surface area contributed by atoms with Gasteiger partial charge < -0.3 is 5.73 Å². The Labute approximate surface area is 105 Å². The zero-order chi connectivity index (χ0) is 12.3. The monoisotopic (exact) mass is 251 g/mol. The van der Waals surface area contributed by atoms with Crippen LogP contribution in [0.3, 0.4) is 0 Å². The van der Waals surface area contributed by atoms with Crippen LogP contribution in [0.2, 0.25) is 0 Å². The minimum Gasteiger partial charge on any atom is -0.323 e. The summed E-state index contributed by atoms with van der Waals surface area (Å²) in [6.45, 7) is 2.13. The summed E-state index contributed by atoms with van der Waals surface area (Å²) in [5.74, 6) is 0. The number of hydrogen-bond acceptors (Lipinski definition) is 5. The van der Waals surface area contributed by atoms with Gasteiger partial charge in [-0.15, -0.1) is 5.10 Å². The number of aryl methyl sites for hydroxylation is 2. The molecule has 17 heavy (non-hydrogen) atoms. The molecule has 5 nitrogen and oxygen atoms in total. The minimum absolute atomic E-state index is 0.0496. The molecule has 1 atom stereocenters. The smallest absolute Gasteiger partial charge is 0.0803 e. The van der Waals surface area contributed by atoms with Gasteiger partial charge in [0, 0.05) is 25.7 Å². The van der Waals surface area contributed by atoms with Gasteiger partial charge in [-0.3, -0.25) is 4.68 Å². The maximum Gasteiger partial charge on any atom is 0.0803 e. The Bertz CT molecular complexity index is 476. The van der Waals surface area contributed by atoms with Gasteiger partial charge >= 0.3 is 0 Å². The highest BCUT2D eigenvalue weighted by atomic mass is 32.1. The lowest BCUT2D eigenvalue weighted by Gasteiger charge is -2.08. The van der Waals surface area contributed by atoms with Crippen molar-refractivity contribution >= 4 is 11.5 Å². The molecule has 0 amide bonds. The largest absolute Gasteiger partial charge is 0.323 e. The van der Waals surface area contributed by atoms with E-state index in [1.807, 2.05) is 19.3 Å².